The fraction of sp³-hybridized carbons (Fsp3) is 0.429. The minimum atomic E-state index is -0.225. The Balaban J connectivity index is 1.27. The molecule has 30 heavy (non-hydrogen) atoms. The Kier molecular flexibility index (Phi) is 5.16. The van der Waals surface area contributed by atoms with E-state index in [4.69, 9.17) is 0 Å². The maximum Gasteiger partial charge on any atom is 0.262 e. The summed E-state index contributed by atoms with van der Waals surface area (Å²) in [4.78, 5) is 44.3. The van der Waals surface area contributed by atoms with Crippen molar-refractivity contribution in [2.75, 3.05) is 5.32 Å². The second-order valence-electron chi connectivity index (χ2n) is 7.84. The van der Waals surface area contributed by atoms with E-state index >= 15 is 0 Å². The number of aromatic nitrogens is 2. The largest absolute Gasteiger partial charge is 0.349 e. The van der Waals surface area contributed by atoms with Crippen molar-refractivity contribution >= 4 is 49.7 Å². The van der Waals surface area contributed by atoms with Crippen LogP contribution in [0.15, 0.2) is 22.6 Å². The average molecular weight is 443 g/mol. The molecule has 0 aliphatic heterocycles. The summed E-state index contributed by atoms with van der Waals surface area (Å²) in [6.07, 6.45) is 7.93. The second-order valence-corrected chi connectivity index (χ2v) is 9.84. The third-order valence-electron chi connectivity index (χ3n) is 5.60. The lowest BCUT2D eigenvalue weighted by Crippen LogP contribution is -2.27. The van der Waals surface area contributed by atoms with Crippen molar-refractivity contribution in [3.63, 3.8) is 0 Å². The van der Waals surface area contributed by atoms with E-state index < -0.39 is 0 Å². The molecular weight excluding hydrogens is 420 g/mol. The zero-order valence-electron chi connectivity index (χ0n) is 16.4. The van der Waals surface area contributed by atoms with Crippen LogP contribution in [0.3, 0.4) is 0 Å². The summed E-state index contributed by atoms with van der Waals surface area (Å²) in [6.45, 7) is 0.257. The first-order chi connectivity index (χ1) is 14.6. The molecule has 3 aromatic heterocycles. The van der Waals surface area contributed by atoms with E-state index in [1.165, 1.54) is 20.8 Å². The first-order valence-corrected chi connectivity index (χ1v) is 12.0. The lowest BCUT2D eigenvalue weighted by atomic mass is 9.97. The number of hydrogen-bond donors (Lipinski definition) is 2. The Labute approximate surface area is 181 Å². The molecule has 2 aliphatic rings. The Bertz CT molecular complexity index is 1190. The van der Waals surface area contributed by atoms with Crippen LogP contribution in [0, 0.1) is 0 Å². The molecule has 1 fully saturated rings. The van der Waals surface area contributed by atoms with Gasteiger partial charge in [-0.05, 0) is 55.5 Å². The number of nitrogens with zero attached hydrogens (tertiary/aromatic N) is 2. The molecule has 0 atom stereocenters. The lowest BCUT2D eigenvalue weighted by molar-refractivity contribution is -0.116. The highest BCUT2D eigenvalue weighted by Gasteiger charge is 2.25. The number of fused-ring (bicyclic) bond motifs is 3. The molecule has 0 saturated heterocycles. The lowest BCUT2D eigenvalue weighted by Gasteiger charge is -2.10. The number of aryl methyl sites for hydroxylation is 3. The number of thiophene rings is 2. The van der Waals surface area contributed by atoms with Crippen molar-refractivity contribution in [2.24, 2.45) is 0 Å². The summed E-state index contributed by atoms with van der Waals surface area (Å²) in [5, 5.41) is 8.83. The predicted molar refractivity (Wildman–Crippen MR) is 119 cm³/mol. The highest BCUT2D eigenvalue weighted by Crippen LogP contribution is 2.33. The van der Waals surface area contributed by atoms with Gasteiger partial charge in [0.05, 0.1) is 17.3 Å². The zero-order valence-corrected chi connectivity index (χ0v) is 18.0. The van der Waals surface area contributed by atoms with Gasteiger partial charge in [-0.2, -0.15) is 0 Å². The molecule has 0 bridgehead atoms. The smallest absolute Gasteiger partial charge is 0.262 e. The minimum absolute atomic E-state index is 0.0622. The first-order valence-electron chi connectivity index (χ1n) is 10.3. The number of rotatable bonds is 6. The van der Waals surface area contributed by atoms with Gasteiger partial charge in [0.2, 0.25) is 5.91 Å². The molecule has 0 radical (unpaired) electrons. The van der Waals surface area contributed by atoms with Gasteiger partial charge < -0.3 is 10.6 Å². The quantitative estimate of drug-likeness (QED) is 0.612. The van der Waals surface area contributed by atoms with E-state index in [0.29, 0.717) is 10.6 Å². The van der Waals surface area contributed by atoms with Crippen LogP contribution in [0.1, 0.15) is 52.9 Å². The first kappa shape index (κ1) is 19.4. The van der Waals surface area contributed by atoms with Crippen molar-refractivity contribution in [3.8, 4) is 0 Å². The summed E-state index contributed by atoms with van der Waals surface area (Å²) in [5.41, 5.74) is 1.58. The van der Waals surface area contributed by atoms with E-state index in [0.717, 1.165) is 54.3 Å². The minimum Gasteiger partial charge on any atom is -0.349 e. The van der Waals surface area contributed by atoms with Gasteiger partial charge in [0.15, 0.2) is 0 Å². The van der Waals surface area contributed by atoms with E-state index in [2.05, 4.69) is 15.6 Å². The van der Waals surface area contributed by atoms with Crippen LogP contribution in [-0.2, 0) is 24.2 Å². The molecule has 5 rings (SSSR count). The molecule has 9 heteroatoms. The highest BCUT2D eigenvalue weighted by molar-refractivity contribution is 7.18. The number of carbonyl (C=O) groups is 2. The molecular formula is C21H22N4O3S2. The molecule has 0 unspecified atom stereocenters. The van der Waals surface area contributed by atoms with Crippen LogP contribution < -0.4 is 16.2 Å². The van der Waals surface area contributed by atoms with Gasteiger partial charge in [0, 0.05) is 23.9 Å². The van der Waals surface area contributed by atoms with Crippen LogP contribution in [0.25, 0.3) is 10.2 Å². The number of anilines is 1. The van der Waals surface area contributed by atoms with E-state index in [9.17, 15) is 14.4 Å². The molecule has 3 heterocycles. The molecule has 0 aromatic carbocycles. The normalized spacial score (nSPS) is 15.7. The monoisotopic (exact) mass is 442 g/mol. The van der Waals surface area contributed by atoms with Crippen LogP contribution in [0.5, 0.6) is 0 Å². The number of hydrogen-bond acceptors (Lipinski definition) is 6. The number of amides is 2. The standard InChI is InChI=1S/C21H22N4O3S2/c26-16(24-19-14(8-10-29-19)18(27)23-12-5-6-12)7-9-25-11-22-20-17(21(25)28)13-3-1-2-4-15(13)30-20/h8,10-12H,1-7,9H2,(H,23,27)(H,24,26). The van der Waals surface area contributed by atoms with E-state index in [1.54, 1.807) is 29.1 Å². The van der Waals surface area contributed by atoms with Crippen molar-refractivity contribution in [3.05, 3.63) is 44.1 Å². The SMILES string of the molecule is O=C(CCn1cnc2sc3c(c2c1=O)CCCC3)Nc1sccc1C(=O)NC1CC1. The van der Waals surface area contributed by atoms with Gasteiger partial charge in [-0.15, -0.1) is 22.7 Å². The molecule has 2 aliphatic carbocycles. The molecule has 2 N–H and O–H groups in total. The van der Waals surface area contributed by atoms with E-state index in [1.807, 2.05) is 0 Å². The predicted octanol–water partition coefficient (Wildman–Crippen LogP) is 3.32. The van der Waals surface area contributed by atoms with Gasteiger partial charge in [-0.25, -0.2) is 4.98 Å². The summed E-state index contributed by atoms with van der Waals surface area (Å²) < 4.78 is 1.53. The zero-order chi connectivity index (χ0) is 20.7. The molecule has 3 aromatic rings. The van der Waals surface area contributed by atoms with Crippen LogP contribution in [0.4, 0.5) is 5.00 Å². The van der Waals surface area contributed by atoms with Crippen LogP contribution in [-0.4, -0.2) is 27.4 Å². The van der Waals surface area contributed by atoms with Crippen LogP contribution >= 0.6 is 22.7 Å². The number of carbonyl (C=O) groups excluding carboxylic acids is 2. The van der Waals surface area contributed by atoms with Crippen LogP contribution in [0.2, 0.25) is 0 Å². The second kappa shape index (κ2) is 7.96. The fourth-order valence-electron chi connectivity index (χ4n) is 3.83. The summed E-state index contributed by atoms with van der Waals surface area (Å²) in [5.74, 6) is -0.376. The van der Waals surface area contributed by atoms with Crippen molar-refractivity contribution in [1.29, 1.82) is 0 Å². The van der Waals surface area contributed by atoms with Crippen molar-refractivity contribution < 1.29 is 9.59 Å². The number of nitrogens with one attached hydrogen (secondary N) is 2. The Morgan fingerprint density at radius 1 is 1.23 bits per heavy atom. The van der Waals surface area contributed by atoms with Gasteiger partial charge >= 0.3 is 0 Å². The maximum atomic E-state index is 13.0. The molecule has 0 spiro atoms. The maximum absolute atomic E-state index is 13.0. The van der Waals surface area contributed by atoms with E-state index in [-0.39, 0.29) is 36.4 Å². The van der Waals surface area contributed by atoms with Gasteiger partial charge in [0.1, 0.15) is 9.83 Å². The summed E-state index contributed by atoms with van der Waals surface area (Å²) in [6, 6.07) is 1.98. The summed E-state index contributed by atoms with van der Waals surface area (Å²) in [7, 11) is 0. The average Bonchev–Trinajstić information content (AvgIpc) is 3.28. The van der Waals surface area contributed by atoms with Gasteiger partial charge in [-0.1, -0.05) is 0 Å². The molecule has 156 valence electrons. The topological polar surface area (TPSA) is 93.1 Å². The van der Waals surface area contributed by atoms with Gasteiger partial charge in [-0.3, -0.25) is 19.0 Å². The Morgan fingerprint density at radius 2 is 2.07 bits per heavy atom. The Hall–Kier alpha value is -2.52. The third-order valence-corrected chi connectivity index (χ3v) is 7.63. The van der Waals surface area contributed by atoms with Gasteiger partial charge in [0.25, 0.3) is 11.5 Å². The fourth-order valence-corrected chi connectivity index (χ4v) is 5.85. The third kappa shape index (κ3) is 3.79. The molecule has 1 saturated carbocycles. The Morgan fingerprint density at radius 3 is 2.90 bits per heavy atom. The molecule has 2 amide bonds. The van der Waals surface area contributed by atoms with Crippen molar-refractivity contribution in [2.45, 2.75) is 57.5 Å². The molecule has 7 nitrogen and oxygen atoms in total. The summed E-state index contributed by atoms with van der Waals surface area (Å²) >= 11 is 2.95. The van der Waals surface area contributed by atoms with Crippen molar-refractivity contribution in [1.82, 2.24) is 14.9 Å². The highest BCUT2D eigenvalue weighted by atomic mass is 32.1.